The van der Waals surface area contributed by atoms with Crippen LogP contribution in [-0.2, 0) is 14.3 Å². The molecule has 1 atom stereocenters. The number of ether oxygens (including phenoxy) is 1. The summed E-state index contributed by atoms with van der Waals surface area (Å²) in [5, 5.41) is 9.41. The number of carboxylic acid groups (broad SMARTS) is 1. The highest BCUT2D eigenvalue weighted by Gasteiger charge is 2.32. The van der Waals surface area contributed by atoms with Crippen molar-refractivity contribution >= 4 is 39.8 Å². The number of aromatic carboxylic acids is 1. The second-order valence-electron chi connectivity index (χ2n) is 7.09. The van der Waals surface area contributed by atoms with Gasteiger partial charge in [0.15, 0.2) is 5.78 Å². The van der Waals surface area contributed by atoms with E-state index in [0.29, 0.717) is 34.1 Å². The number of para-hydroxylation sites is 2. The molecule has 1 heterocycles. The minimum absolute atomic E-state index is 0.0941. The maximum atomic E-state index is 12.6. The lowest BCUT2D eigenvalue weighted by atomic mass is 9.79. The molecule has 0 aliphatic heterocycles. The number of rotatable bonds is 3. The smallest absolute Gasteiger partial charge is 0.341 e. The van der Waals surface area contributed by atoms with Crippen molar-refractivity contribution in [1.82, 2.24) is 9.97 Å². The number of ketones is 1. The number of hydrogen-bond acceptors (Lipinski definition) is 6. The van der Waals surface area contributed by atoms with Crippen LogP contribution >= 0.6 is 0 Å². The number of allylic oxidation sites excluding steroid dienone is 1. The summed E-state index contributed by atoms with van der Waals surface area (Å²) in [6.07, 6.45) is 0.708. The maximum absolute atomic E-state index is 12.6. The average molecular weight is 390 g/mol. The van der Waals surface area contributed by atoms with Crippen LogP contribution in [0.3, 0.4) is 0 Å². The van der Waals surface area contributed by atoms with Crippen molar-refractivity contribution < 1.29 is 24.2 Å². The quantitative estimate of drug-likeness (QED) is 0.415. The Hall–Kier alpha value is -3.61. The largest absolute Gasteiger partial charge is 0.478 e. The summed E-state index contributed by atoms with van der Waals surface area (Å²) in [7, 11) is 1.26. The molecular formula is C22H18N2O5. The Morgan fingerprint density at radius 3 is 2.34 bits per heavy atom. The molecule has 1 unspecified atom stereocenters. The van der Waals surface area contributed by atoms with Gasteiger partial charge in [-0.3, -0.25) is 4.79 Å². The van der Waals surface area contributed by atoms with Gasteiger partial charge >= 0.3 is 11.9 Å². The standard InChI is InChI=1S/C22H18N2O5/c1-11-9-12(10-17(25)18(11)22(28)29-2)13-5-3-7-15-19(13)23-16-8-4-6-14(21(26)27)20(16)24-15/h3-8,12H,9-10H2,1-2H3,(H,26,27). The van der Waals surface area contributed by atoms with Gasteiger partial charge in [0, 0.05) is 6.42 Å². The minimum Gasteiger partial charge on any atom is -0.478 e. The minimum atomic E-state index is -1.06. The molecule has 0 fully saturated rings. The second-order valence-corrected chi connectivity index (χ2v) is 7.09. The van der Waals surface area contributed by atoms with E-state index in [1.54, 1.807) is 25.1 Å². The number of carbonyl (C=O) groups excluding carboxylic acids is 2. The summed E-state index contributed by atoms with van der Waals surface area (Å²) in [6, 6.07) is 10.3. The van der Waals surface area contributed by atoms with Crippen LogP contribution in [0.5, 0.6) is 0 Å². The molecule has 1 N–H and O–H groups in total. The lowest BCUT2D eigenvalue weighted by Gasteiger charge is -2.24. The summed E-state index contributed by atoms with van der Waals surface area (Å²) in [5.74, 6) is -2.05. The van der Waals surface area contributed by atoms with E-state index in [9.17, 15) is 19.5 Å². The molecule has 3 aromatic rings. The van der Waals surface area contributed by atoms with E-state index < -0.39 is 11.9 Å². The maximum Gasteiger partial charge on any atom is 0.341 e. The first-order valence-corrected chi connectivity index (χ1v) is 9.14. The number of Topliss-reactive ketones (excluding diaryl/α,β-unsaturated/α-hetero) is 1. The first kappa shape index (κ1) is 18.7. The van der Waals surface area contributed by atoms with Crippen LogP contribution in [0.15, 0.2) is 47.5 Å². The van der Waals surface area contributed by atoms with Crippen LogP contribution in [0.1, 0.15) is 41.6 Å². The number of methoxy groups -OCH3 is 1. The molecule has 0 radical (unpaired) electrons. The fourth-order valence-corrected chi connectivity index (χ4v) is 3.96. The topological polar surface area (TPSA) is 106 Å². The molecule has 2 aromatic carbocycles. The van der Waals surface area contributed by atoms with Gasteiger partial charge < -0.3 is 9.84 Å². The van der Waals surface area contributed by atoms with E-state index >= 15 is 0 Å². The van der Waals surface area contributed by atoms with Crippen LogP contribution in [-0.4, -0.2) is 39.9 Å². The summed E-state index contributed by atoms with van der Waals surface area (Å²) in [4.78, 5) is 45.2. The Morgan fingerprint density at radius 1 is 1.03 bits per heavy atom. The molecule has 7 nitrogen and oxygen atoms in total. The number of benzene rings is 2. The highest BCUT2D eigenvalue weighted by atomic mass is 16.5. The van der Waals surface area contributed by atoms with Gasteiger partial charge in [-0.05, 0) is 43.0 Å². The van der Waals surface area contributed by atoms with Crippen LogP contribution in [0.2, 0.25) is 0 Å². The predicted octanol–water partition coefficient (Wildman–Crippen LogP) is 3.42. The SMILES string of the molecule is COC(=O)C1=C(C)CC(c2cccc3nc4c(C(=O)O)cccc4nc23)CC1=O. The molecule has 1 aliphatic carbocycles. The Morgan fingerprint density at radius 2 is 1.69 bits per heavy atom. The number of carbonyl (C=O) groups is 3. The van der Waals surface area contributed by atoms with Crippen molar-refractivity contribution in [3.05, 3.63) is 58.7 Å². The zero-order valence-corrected chi connectivity index (χ0v) is 15.9. The van der Waals surface area contributed by atoms with Gasteiger partial charge in [0.25, 0.3) is 0 Å². The third kappa shape index (κ3) is 3.14. The lowest BCUT2D eigenvalue weighted by molar-refractivity contribution is -0.138. The summed E-state index contributed by atoms with van der Waals surface area (Å²) >= 11 is 0. The van der Waals surface area contributed by atoms with E-state index in [-0.39, 0.29) is 29.3 Å². The fraction of sp³-hybridized carbons (Fsp3) is 0.227. The van der Waals surface area contributed by atoms with Gasteiger partial charge in [-0.25, -0.2) is 19.6 Å². The number of fused-ring (bicyclic) bond motifs is 2. The van der Waals surface area contributed by atoms with Crippen LogP contribution in [0.4, 0.5) is 0 Å². The van der Waals surface area contributed by atoms with Crippen molar-refractivity contribution in [2.75, 3.05) is 7.11 Å². The molecule has 4 rings (SSSR count). The molecule has 1 aromatic heterocycles. The van der Waals surface area contributed by atoms with Gasteiger partial charge in [0.05, 0.1) is 29.2 Å². The number of esters is 1. The zero-order valence-electron chi connectivity index (χ0n) is 15.9. The molecule has 1 aliphatic rings. The van der Waals surface area contributed by atoms with Crippen molar-refractivity contribution in [3.8, 4) is 0 Å². The molecule has 0 amide bonds. The number of carboxylic acids is 1. The normalized spacial score (nSPS) is 17.0. The third-order valence-corrected chi connectivity index (χ3v) is 5.27. The third-order valence-electron chi connectivity index (χ3n) is 5.27. The van der Waals surface area contributed by atoms with Crippen molar-refractivity contribution in [1.29, 1.82) is 0 Å². The molecular weight excluding hydrogens is 372 g/mol. The van der Waals surface area contributed by atoms with E-state index in [0.717, 1.165) is 5.56 Å². The highest BCUT2D eigenvalue weighted by Crippen LogP contribution is 2.37. The molecule has 29 heavy (non-hydrogen) atoms. The number of hydrogen-bond donors (Lipinski definition) is 1. The van der Waals surface area contributed by atoms with Gasteiger partial charge in [0.2, 0.25) is 0 Å². The molecule has 0 bridgehead atoms. The molecule has 0 saturated heterocycles. The average Bonchev–Trinajstić information content (AvgIpc) is 2.70. The van der Waals surface area contributed by atoms with Crippen LogP contribution < -0.4 is 0 Å². The zero-order chi connectivity index (χ0) is 20.7. The van der Waals surface area contributed by atoms with Gasteiger partial charge in [-0.15, -0.1) is 0 Å². The number of aromatic nitrogens is 2. The van der Waals surface area contributed by atoms with Gasteiger partial charge in [-0.1, -0.05) is 23.8 Å². The van der Waals surface area contributed by atoms with E-state index in [1.807, 2.05) is 12.1 Å². The lowest BCUT2D eigenvalue weighted by Crippen LogP contribution is -2.23. The highest BCUT2D eigenvalue weighted by molar-refractivity contribution is 6.18. The Labute approximate surface area is 166 Å². The number of nitrogens with zero attached hydrogens (tertiary/aromatic N) is 2. The second kappa shape index (κ2) is 7.09. The van der Waals surface area contributed by atoms with E-state index in [2.05, 4.69) is 9.97 Å². The molecule has 146 valence electrons. The Kier molecular flexibility index (Phi) is 4.58. The molecule has 0 spiro atoms. The first-order valence-electron chi connectivity index (χ1n) is 9.14. The van der Waals surface area contributed by atoms with Gasteiger partial charge in [0.1, 0.15) is 11.1 Å². The van der Waals surface area contributed by atoms with Crippen LogP contribution in [0.25, 0.3) is 22.1 Å². The monoisotopic (exact) mass is 390 g/mol. The summed E-state index contributed by atoms with van der Waals surface area (Å²) in [5.41, 5.74) is 3.78. The van der Waals surface area contributed by atoms with Gasteiger partial charge in [-0.2, -0.15) is 0 Å². The predicted molar refractivity (Wildman–Crippen MR) is 106 cm³/mol. The first-order chi connectivity index (χ1) is 13.9. The van der Waals surface area contributed by atoms with Crippen molar-refractivity contribution in [2.45, 2.75) is 25.7 Å². The van der Waals surface area contributed by atoms with Crippen LogP contribution in [0, 0.1) is 0 Å². The van der Waals surface area contributed by atoms with E-state index in [1.165, 1.54) is 13.2 Å². The molecule has 7 heteroatoms. The van der Waals surface area contributed by atoms with Crippen molar-refractivity contribution in [2.24, 2.45) is 0 Å². The summed E-state index contributed by atoms with van der Waals surface area (Å²) < 4.78 is 4.73. The Balaban J connectivity index is 1.85. The fourth-order valence-electron chi connectivity index (χ4n) is 3.96. The van der Waals surface area contributed by atoms with Crippen molar-refractivity contribution in [3.63, 3.8) is 0 Å². The Bertz CT molecular complexity index is 1230. The summed E-state index contributed by atoms with van der Waals surface area (Å²) in [6.45, 7) is 1.77. The van der Waals surface area contributed by atoms with E-state index in [4.69, 9.17) is 4.74 Å². The molecule has 0 saturated carbocycles.